The predicted molar refractivity (Wildman–Crippen MR) is 138 cm³/mol. The van der Waals surface area contributed by atoms with E-state index < -0.39 is 0 Å². The van der Waals surface area contributed by atoms with Crippen LogP contribution >= 0.6 is 0 Å². The van der Waals surface area contributed by atoms with Gasteiger partial charge in [0.25, 0.3) is 0 Å². The Bertz CT molecular complexity index is 1070. The van der Waals surface area contributed by atoms with Gasteiger partial charge < -0.3 is 10.2 Å². The molecule has 0 atom stereocenters. The van der Waals surface area contributed by atoms with Crippen LogP contribution in [0, 0.1) is 10.1 Å². The van der Waals surface area contributed by atoms with Crippen molar-refractivity contribution in [2.45, 2.75) is 44.2 Å². The Morgan fingerprint density at radius 2 is 1.46 bits per heavy atom. The maximum absolute atomic E-state index is 12.1. The van der Waals surface area contributed by atoms with Crippen molar-refractivity contribution in [3.63, 3.8) is 0 Å². The van der Waals surface area contributed by atoms with Gasteiger partial charge in [-0.1, -0.05) is 79.9 Å². The number of rotatable bonds is 7. The van der Waals surface area contributed by atoms with Gasteiger partial charge in [-0.15, -0.1) is 0 Å². The van der Waals surface area contributed by atoms with Crippen LogP contribution in [0.25, 0.3) is 0 Å². The number of aromatic nitrogens is 2. The number of hydrogen-bond donors (Lipinski definition) is 1. The summed E-state index contributed by atoms with van der Waals surface area (Å²) >= 11 is 0. The van der Waals surface area contributed by atoms with Crippen molar-refractivity contribution in [2.75, 3.05) is 36.4 Å². The summed E-state index contributed by atoms with van der Waals surface area (Å²) < 4.78 is 0. The van der Waals surface area contributed by atoms with Crippen molar-refractivity contribution in [3.05, 3.63) is 88.2 Å². The molecule has 0 bridgehead atoms. The van der Waals surface area contributed by atoms with Gasteiger partial charge in [0.1, 0.15) is 6.33 Å². The molecule has 35 heavy (non-hydrogen) atoms. The lowest BCUT2D eigenvalue weighted by atomic mass is 9.95. The highest BCUT2D eigenvalue weighted by molar-refractivity contribution is 5.70. The number of nitro groups is 1. The highest BCUT2D eigenvalue weighted by Crippen LogP contribution is 2.35. The smallest absolute Gasteiger partial charge is 0.353 e. The molecule has 1 aliphatic carbocycles. The normalized spacial score (nSPS) is 17.5. The lowest BCUT2D eigenvalue weighted by Gasteiger charge is -2.40. The van der Waals surface area contributed by atoms with Crippen molar-refractivity contribution in [1.82, 2.24) is 14.9 Å². The third kappa shape index (κ3) is 5.27. The molecule has 182 valence electrons. The molecule has 1 saturated carbocycles. The van der Waals surface area contributed by atoms with Crippen molar-refractivity contribution in [2.24, 2.45) is 0 Å². The van der Waals surface area contributed by atoms with Gasteiger partial charge in [0.2, 0.25) is 11.6 Å². The first-order valence-electron chi connectivity index (χ1n) is 12.6. The first kappa shape index (κ1) is 23.2. The fourth-order valence-electron chi connectivity index (χ4n) is 5.39. The number of benzene rings is 2. The van der Waals surface area contributed by atoms with Gasteiger partial charge in [-0.05, 0) is 24.0 Å². The Balaban J connectivity index is 1.36. The molecule has 8 nitrogen and oxygen atoms in total. The Morgan fingerprint density at radius 1 is 0.857 bits per heavy atom. The second-order valence-corrected chi connectivity index (χ2v) is 9.38. The van der Waals surface area contributed by atoms with Crippen LogP contribution in [0.1, 0.15) is 49.3 Å². The largest absolute Gasteiger partial charge is 0.361 e. The van der Waals surface area contributed by atoms with Gasteiger partial charge >= 0.3 is 5.69 Å². The third-order valence-electron chi connectivity index (χ3n) is 7.14. The molecule has 5 rings (SSSR count). The van der Waals surface area contributed by atoms with Crippen LogP contribution in [0.2, 0.25) is 0 Å². The van der Waals surface area contributed by atoms with Crippen LogP contribution in [0.15, 0.2) is 67.0 Å². The van der Waals surface area contributed by atoms with Crippen LogP contribution in [-0.4, -0.2) is 52.0 Å². The van der Waals surface area contributed by atoms with E-state index in [0.29, 0.717) is 24.7 Å². The van der Waals surface area contributed by atoms with Gasteiger partial charge in [0.05, 0.1) is 11.0 Å². The number of nitrogens with zero attached hydrogens (tertiary/aromatic N) is 5. The molecular weight excluding hydrogens is 440 g/mol. The molecule has 2 aliphatic rings. The number of anilines is 2. The third-order valence-corrected chi connectivity index (χ3v) is 7.14. The average Bonchev–Trinajstić information content (AvgIpc) is 2.91. The van der Waals surface area contributed by atoms with E-state index in [1.807, 2.05) is 17.0 Å². The lowest BCUT2D eigenvalue weighted by molar-refractivity contribution is -0.383. The monoisotopic (exact) mass is 472 g/mol. The van der Waals surface area contributed by atoms with E-state index in [4.69, 9.17) is 0 Å². The summed E-state index contributed by atoms with van der Waals surface area (Å²) in [4.78, 5) is 24.9. The molecule has 2 aromatic carbocycles. The van der Waals surface area contributed by atoms with Gasteiger partial charge in [0.15, 0.2) is 0 Å². The predicted octanol–water partition coefficient (Wildman–Crippen LogP) is 5.04. The molecule has 8 heteroatoms. The van der Waals surface area contributed by atoms with E-state index in [2.05, 4.69) is 68.7 Å². The summed E-state index contributed by atoms with van der Waals surface area (Å²) in [6.45, 7) is 2.88. The van der Waals surface area contributed by atoms with Crippen molar-refractivity contribution < 1.29 is 4.92 Å². The van der Waals surface area contributed by atoms with Crippen molar-refractivity contribution >= 4 is 17.3 Å². The molecule has 1 aliphatic heterocycles. The zero-order valence-electron chi connectivity index (χ0n) is 19.9. The minimum absolute atomic E-state index is 0.00538. The second-order valence-electron chi connectivity index (χ2n) is 9.38. The summed E-state index contributed by atoms with van der Waals surface area (Å²) in [5, 5.41) is 15.5. The molecular formula is C27H32N6O2. The van der Waals surface area contributed by atoms with E-state index in [0.717, 1.165) is 38.8 Å². The van der Waals surface area contributed by atoms with E-state index in [1.54, 1.807) is 0 Å². The molecule has 0 radical (unpaired) electrons. The van der Waals surface area contributed by atoms with E-state index in [9.17, 15) is 10.1 Å². The van der Waals surface area contributed by atoms with Crippen molar-refractivity contribution in [1.29, 1.82) is 0 Å². The molecule has 2 fully saturated rings. The molecule has 0 amide bonds. The molecule has 1 aromatic heterocycles. The Kier molecular flexibility index (Phi) is 7.18. The second kappa shape index (κ2) is 10.8. The van der Waals surface area contributed by atoms with Gasteiger partial charge in [-0.2, -0.15) is 0 Å². The molecule has 3 aromatic rings. The molecule has 1 saturated heterocycles. The standard InChI is InChI=1S/C27H32N6O2/c34-33(35)25-26(30-23-14-8-3-9-15-23)28-20-29-27(25)32-18-16-31(17-19-32)24(21-10-4-1-5-11-21)22-12-6-2-7-13-22/h1-2,4-7,10-13,20,23-24H,3,8-9,14-19H2,(H,28,29,30). The lowest BCUT2D eigenvalue weighted by Crippen LogP contribution is -2.48. The number of piperazine rings is 1. The first-order valence-corrected chi connectivity index (χ1v) is 12.6. The number of hydrogen-bond acceptors (Lipinski definition) is 7. The summed E-state index contributed by atoms with van der Waals surface area (Å²) in [7, 11) is 0. The van der Waals surface area contributed by atoms with Gasteiger partial charge in [-0.3, -0.25) is 15.0 Å². The molecule has 1 N–H and O–H groups in total. The van der Waals surface area contributed by atoms with Crippen molar-refractivity contribution in [3.8, 4) is 0 Å². The maximum atomic E-state index is 12.1. The summed E-state index contributed by atoms with van der Waals surface area (Å²) in [6.07, 6.45) is 7.03. The van der Waals surface area contributed by atoms with E-state index in [1.165, 1.54) is 23.9 Å². The topological polar surface area (TPSA) is 87.4 Å². The van der Waals surface area contributed by atoms with E-state index >= 15 is 0 Å². The highest BCUT2D eigenvalue weighted by Gasteiger charge is 2.32. The fraction of sp³-hybridized carbons (Fsp3) is 0.407. The Hall–Kier alpha value is -3.52. The van der Waals surface area contributed by atoms with Gasteiger partial charge in [0, 0.05) is 32.2 Å². The van der Waals surface area contributed by atoms with Gasteiger partial charge in [-0.25, -0.2) is 9.97 Å². The Morgan fingerprint density at radius 3 is 2.03 bits per heavy atom. The first-order chi connectivity index (χ1) is 17.2. The molecule has 0 unspecified atom stereocenters. The van der Waals surface area contributed by atoms with E-state index in [-0.39, 0.29) is 22.7 Å². The van der Waals surface area contributed by atoms with Crippen LogP contribution in [-0.2, 0) is 0 Å². The SMILES string of the molecule is O=[N+]([O-])c1c(NC2CCCCC2)ncnc1N1CCN(C(c2ccccc2)c2ccccc2)CC1. The van der Waals surface area contributed by atoms with Crippen LogP contribution in [0.3, 0.4) is 0 Å². The molecule has 0 spiro atoms. The minimum atomic E-state index is -0.330. The van der Waals surface area contributed by atoms with Crippen LogP contribution < -0.4 is 10.2 Å². The summed E-state index contributed by atoms with van der Waals surface area (Å²) in [6, 6.07) is 21.4. The molecule has 2 heterocycles. The number of nitrogens with one attached hydrogen (secondary N) is 1. The summed E-state index contributed by atoms with van der Waals surface area (Å²) in [5.74, 6) is 0.764. The highest BCUT2D eigenvalue weighted by atomic mass is 16.6. The summed E-state index contributed by atoms with van der Waals surface area (Å²) in [5.41, 5.74) is 2.49. The average molecular weight is 473 g/mol. The quantitative estimate of drug-likeness (QED) is 0.381. The minimum Gasteiger partial charge on any atom is -0.361 e. The maximum Gasteiger partial charge on any atom is 0.353 e. The van der Waals surface area contributed by atoms with Crippen LogP contribution in [0.5, 0.6) is 0 Å². The zero-order chi connectivity index (χ0) is 24.0. The Labute approximate surface area is 206 Å². The zero-order valence-corrected chi connectivity index (χ0v) is 19.9. The van der Waals surface area contributed by atoms with Crippen LogP contribution in [0.4, 0.5) is 17.3 Å². The fourth-order valence-corrected chi connectivity index (χ4v) is 5.39.